The summed E-state index contributed by atoms with van der Waals surface area (Å²) in [5, 5.41) is 2.77. The standard InChI is InChI=1S/C14H14N4O/c1-10-2-4-12(15)6-13(10)18-14(19)5-3-11-7-16-9-17-8-11/h2-9H,15H2,1H3,(H,18,19). The second kappa shape index (κ2) is 5.77. The monoisotopic (exact) mass is 254 g/mol. The number of amides is 1. The molecule has 0 bridgehead atoms. The van der Waals surface area contributed by atoms with Gasteiger partial charge in [-0.05, 0) is 30.7 Å². The second-order valence-corrected chi connectivity index (χ2v) is 4.07. The van der Waals surface area contributed by atoms with E-state index in [9.17, 15) is 4.79 Å². The number of hydrogen-bond donors (Lipinski definition) is 2. The zero-order chi connectivity index (χ0) is 13.7. The summed E-state index contributed by atoms with van der Waals surface area (Å²) >= 11 is 0. The first-order valence-corrected chi connectivity index (χ1v) is 5.75. The number of benzene rings is 1. The van der Waals surface area contributed by atoms with Gasteiger partial charge in [0.05, 0.1) is 0 Å². The van der Waals surface area contributed by atoms with E-state index in [4.69, 9.17) is 5.73 Å². The summed E-state index contributed by atoms with van der Waals surface area (Å²) in [6.45, 7) is 1.91. The molecule has 1 amide bonds. The van der Waals surface area contributed by atoms with Gasteiger partial charge in [0.1, 0.15) is 6.33 Å². The van der Waals surface area contributed by atoms with Crippen molar-refractivity contribution in [1.82, 2.24) is 9.97 Å². The van der Waals surface area contributed by atoms with Gasteiger partial charge in [0.25, 0.3) is 0 Å². The quantitative estimate of drug-likeness (QED) is 0.648. The third-order valence-electron chi connectivity index (χ3n) is 2.53. The van der Waals surface area contributed by atoms with Gasteiger partial charge in [-0.3, -0.25) is 4.79 Å². The number of anilines is 2. The van der Waals surface area contributed by atoms with Crippen molar-refractivity contribution in [3.8, 4) is 0 Å². The molecule has 0 radical (unpaired) electrons. The minimum absolute atomic E-state index is 0.224. The molecule has 2 rings (SSSR count). The van der Waals surface area contributed by atoms with Crippen LogP contribution in [-0.4, -0.2) is 15.9 Å². The number of hydrogen-bond acceptors (Lipinski definition) is 4. The molecule has 0 spiro atoms. The normalized spacial score (nSPS) is 10.6. The zero-order valence-electron chi connectivity index (χ0n) is 10.5. The Labute approximate surface area is 111 Å². The molecule has 0 aliphatic carbocycles. The van der Waals surface area contributed by atoms with Crippen LogP contribution in [0.1, 0.15) is 11.1 Å². The van der Waals surface area contributed by atoms with Gasteiger partial charge in [-0.2, -0.15) is 0 Å². The number of rotatable bonds is 3. The average molecular weight is 254 g/mol. The summed E-state index contributed by atoms with van der Waals surface area (Å²) < 4.78 is 0. The summed E-state index contributed by atoms with van der Waals surface area (Å²) in [5.41, 5.74) is 8.73. The zero-order valence-corrected chi connectivity index (χ0v) is 10.5. The van der Waals surface area contributed by atoms with Crippen LogP contribution in [0.5, 0.6) is 0 Å². The minimum Gasteiger partial charge on any atom is -0.399 e. The van der Waals surface area contributed by atoms with E-state index in [0.29, 0.717) is 11.4 Å². The highest BCUT2D eigenvalue weighted by molar-refractivity contribution is 6.02. The van der Waals surface area contributed by atoms with E-state index in [1.807, 2.05) is 13.0 Å². The van der Waals surface area contributed by atoms with Gasteiger partial charge in [-0.15, -0.1) is 0 Å². The molecule has 5 heteroatoms. The number of carbonyl (C=O) groups excluding carboxylic acids is 1. The van der Waals surface area contributed by atoms with E-state index in [1.54, 1.807) is 30.6 Å². The predicted molar refractivity (Wildman–Crippen MR) is 75.3 cm³/mol. The maximum absolute atomic E-state index is 11.8. The molecule has 19 heavy (non-hydrogen) atoms. The summed E-state index contributed by atoms with van der Waals surface area (Å²) in [7, 11) is 0. The van der Waals surface area contributed by atoms with Crippen LogP contribution in [-0.2, 0) is 4.79 Å². The molecule has 1 heterocycles. The Morgan fingerprint density at radius 1 is 1.32 bits per heavy atom. The van der Waals surface area contributed by atoms with Crippen LogP contribution < -0.4 is 11.1 Å². The lowest BCUT2D eigenvalue weighted by atomic mass is 10.2. The molecule has 2 aromatic rings. The SMILES string of the molecule is Cc1ccc(N)cc1NC(=O)C=Cc1cncnc1. The lowest BCUT2D eigenvalue weighted by Crippen LogP contribution is -2.09. The molecule has 3 N–H and O–H groups in total. The van der Waals surface area contributed by atoms with Gasteiger partial charge in [-0.1, -0.05) is 6.07 Å². The Morgan fingerprint density at radius 3 is 2.79 bits per heavy atom. The van der Waals surface area contributed by atoms with Crippen LogP contribution >= 0.6 is 0 Å². The molecule has 0 fully saturated rings. The molecule has 96 valence electrons. The number of aryl methyl sites for hydroxylation is 1. The Hall–Kier alpha value is -2.69. The molecule has 0 aliphatic heterocycles. The molecule has 0 aliphatic rings. The van der Waals surface area contributed by atoms with E-state index in [-0.39, 0.29) is 5.91 Å². The van der Waals surface area contributed by atoms with Crippen molar-refractivity contribution in [1.29, 1.82) is 0 Å². The molecule has 0 atom stereocenters. The van der Waals surface area contributed by atoms with E-state index in [0.717, 1.165) is 11.1 Å². The maximum Gasteiger partial charge on any atom is 0.248 e. The topological polar surface area (TPSA) is 80.9 Å². The van der Waals surface area contributed by atoms with Crippen LogP contribution in [0.2, 0.25) is 0 Å². The highest BCUT2D eigenvalue weighted by Crippen LogP contribution is 2.18. The first kappa shape index (κ1) is 12.8. The van der Waals surface area contributed by atoms with Crippen LogP contribution in [0.3, 0.4) is 0 Å². The highest BCUT2D eigenvalue weighted by Gasteiger charge is 2.02. The molecule has 5 nitrogen and oxygen atoms in total. The number of nitrogens with two attached hydrogens (primary N) is 1. The number of nitrogens with zero attached hydrogens (tertiary/aromatic N) is 2. The summed E-state index contributed by atoms with van der Waals surface area (Å²) in [5.74, 6) is -0.224. The molecular weight excluding hydrogens is 240 g/mol. The van der Waals surface area contributed by atoms with E-state index >= 15 is 0 Å². The Morgan fingerprint density at radius 2 is 2.05 bits per heavy atom. The van der Waals surface area contributed by atoms with Crippen molar-refractivity contribution in [2.45, 2.75) is 6.92 Å². The van der Waals surface area contributed by atoms with Crippen LogP contribution in [0.4, 0.5) is 11.4 Å². The third-order valence-corrected chi connectivity index (χ3v) is 2.53. The van der Waals surface area contributed by atoms with Crippen molar-refractivity contribution in [2.75, 3.05) is 11.1 Å². The summed E-state index contributed by atoms with van der Waals surface area (Å²) in [6.07, 6.45) is 7.77. The fraction of sp³-hybridized carbons (Fsp3) is 0.0714. The van der Waals surface area contributed by atoms with Crippen molar-refractivity contribution in [2.24, 2.45) is 0 Å². The molecule has 0 saturated carbocycles. The number of nitrogens with one attached hydrogen (secondary N) is 1. The van der Waals surface area contributed by atoms with Gasteiger partial charge >= 0.3 is 0 Å². The summed E-state index contributed by atoms with van der Waals surface area (Å²) in [4.78, 5) is 19.5. The molecular formula is C14H14N4O. The molecule has 1 aromatic carbocycles. The second-order valence-electron chi connectivity index (χ2n) is 4.07. The van der Waals surface area contributed by atoms with Crippen molar-refractivity contribution < 1.29 is 4.79 Å². The maximum atomic E-state index is 11.8. The van der Waals surface area contributed by atoms with Crippen LogP contribution in [0, 0.1) is 6.92 Å². The lowest BCUT2D eigenvalue weighted by molar-refractivity contribution is -0.111. The van der Waals surface area contributed by atoms with Crippen molar-refractivity contribution in [3.05, 3.63) is 54.1 Å². The van der Waals surface area contributed by atoms with Gasteiger partial charge in [0.2, 0.25) is 5.91 Å². The Kier molecular flexibility index (Phi) is 3.87. The molecule has 0 unspecified atom stereocenters. The number of nitrogen functional groups attached to an aromatic ring is 1. The van der Waals surface area contributed by atoms with Crippen LogP contribution in [0.25, 0.3) is 6.08 Å². The first-order valence-electron chi connectivity index (χ1n) is 5.75. The fourth-order valence-corrected chi connectivity index (χ4v) is 1.52. The predicted octanol–water partition coefficient (Wildman–Crippen LogP) is 2.02. The first-order chi connectivity index (χ1) is 9.15. The average Bonchev–Trinajstić information content (AvgIpc) is 2.42. The highest BCUT2D eigenvalue weighted by atomic mass is 16.1. The van der Waals surface area contributed by atoms with E-state index < -0.39 is 0 Å². The largest absolute Gasteiger partial charge is 0.399 e. The number of aromatic nitrogens is 2. The lowest BCUT2D eigenvalue weighted by Gasteiger charge is -2.07. The Bertz CT molecular complexity index is 608. The minimum atomic E-state index is -0.224. The van der Waals surface area contributed by atoms with Crippen LogP contribution in [0.15, 0.2) is 43.0 Å². The number of carbonyl (C=O) groups is 1. The van der Waals surface area contributed by atoms with Gasteiger partial charge in [0, 0.05) is 35.4 Å². The smallest absolute Gasteiger partial charge is 0.248 e. The van der Waals surface area contributed by atoms with Gasteiger partial charge < -0.3 is 11.1 Å². The van der Waals surface area contributed by atoms with Crippen molar-refractivity contribution >= 4 is 23.4 Å². The van der Waals surface area contributed by atoms with E-state index in [2.05, 4.69) is 15.3 Å². The summed E-state index contributed by atoms with van der Waals surface area (Å²) in [6, 6.07) is 5.38. The molecule has 0 saturated heterocycles. The fourth-order valence-electron chi connectivity index (χ4n) is 1.52. The Balaban J connectivity index is 2.06. The molecule has 1 aromatic heterocycles. The van der Waals surface area contributed by atoms with Crippen molar-refractivity contribution in [3.63, 3.8) is 0 Å². The van der Waals surface area contributed by atoms with Gasteiger partial charge in [0.15, 0.2) is 0 Å². The third kappa shape index (κ3) is 3.64. The van der Waals surface area contributed by atoms with E-state index in [1.165, 1.54) is 12.4 Å². The van der Waals surface area contributed by atoms with Gasteiger partial charge in [-0.25, -0.2) is 9.97 Å².